The molecule has 4 unspecified atom stereocenters. The Morgan fingerprint density at radius 1 is 0.510 bits per heavy atom. The quantitative estimate of drug-likeness (QED) is 0.0194. The highest BCUT2D eigenvalue weighted by Crippen LogP contribution is 2.50. The summed E-state index contributed by atoms with van der Waals surface area (Å²) in [6.07, 6.45) is 2.20. The number of rotatable bonds is 35. The summed E-state index contributed by atoms with van der Waals surface area (Å²) in [5.74, 6) is 0.688. The highest BCUT2D eigenvalue weighted by molar-refractivity contribution is 6.74. The fourth-order valence-electron chi connectivity index (χ4n) is 11.1. The number of anilines is 2. The molecule has 574 valence electrons. The molecule has 0 saturated carbocycles. The van der Waals surface area contributed by atoms with Crippen molar-refractivity contribution in [1.29, 1.82) is 0 Å². The summed E-state index contributed by atoms with van der Waals surface area (Å²) in [4.78, 5) is 70.8. The molecule has 104 heavy (non-hydrogen) atoms. The Hall–Kier alpha value is -5.58. The summed E-state index contributed by atoms with van der Waals surface area (Å²) in [5, 5.41) is 7.86. The molecular weight excluding hydrogens is 1510 g/mol. The van der Waals surface area contributed by atoms with Crippen LogP contribution in [0.15, 0.2) is 79.3 Å². The number of amides is 4. The standard InChI is InChI=1S/C71H95Cl6N5O20Si2/c1-68(2,3)103(10,11)101-64-55-34-48(46-16-19-50(88-7)20-17-46)41-79(55)62(84)51-36-57(89-8)59(38-53(51)81(64)66(86)99-43-70(72,73)74)96-23-15-24-97-60-39-54-52(37-58(60)90-9)63(85)80-42-49(35-56(80)65(102-104(12,13)69(4,5)6)82(54)67(87)100-44-71(75,76)77)47-18-21-61(78-40-47)98-25-14-22-91-26-27-92-28-29-93-30-31-94-32-33-95-45-83/h16-21,36-42,55-56,64-65,83H,14-15,22-35,43-45H2,1-13H3. The van der Waals surface area contributed by atoms with Crippen molar-refractivity contribution < 1.29 is 94.7 Å². The van der Waals surface area contributed by atoms with Crippen LogP contribution in [0.25, 0.3) is 11.1 Å². The molecule has 8 rings (SSSR count). The lowest BCUT2D eigenvalue weighted by Gasteiger charge is -2.44. The van der Waals surface area contributed by atoms with Gasteiger partial charge in [0.05, 0.1) is 129 Å². The molecule has 5 heterocycles. The predicted octanol–water partition coefficient (Wildman–Crippen LogP) is 14.6. The number of halogens is 6. The van der Waals surface area contributed by atoms with Crippen molar-refractivity contribution in [2.45, 2.75) is 136 Å². The van der Waals surface area contributed by atoms with E-state index in [2.05, 4.69) is 46.5 Å². The number of aliphatic hydroxyl groups excluding tert-OH is 1. The first kappa shape index (κ1) is 84.1. The van der Waals surface area contributed by atoms with Crippen molar-refractivity contribution in [1.82, 2.24) is 14.8 Å². The van der Waals surface area contributed by atoms with E-state index in [1.165, 1.54) is 48.3 Å². The maximum absolute atomic E-state index is 15.4. The number of carbonyl (C=O) groups excluding carboxylic acids is 4. The van der Waals surface area contributed by atoms with Gasteiger partial charge in [-0.3, -0.25) is 9.59 Å². The predicted molar refractivity (Wildman–Crippen MR) is 403 cm³/mol. The van der Waals surface area contributed by atoms with E-state index in [0.717, 1.165) is 16.7 Å². The van der Waals surface area contributed by atoms with Crippen LogP contribution in [0.2, 0.25) is 36.3 Å². The van der Waals surface area contributed by atoms with E-state index in [1.54, 1.807) is 41.6 Å². The van der Waals surface area contributed by atoms with E-state index in [4.69, 9.17) is 145 Å². The second-order valence-corrected chi connectivity index (χ2v) is 42.3. The van der Waals surface area contributed by atoms with Crippen LogP contribution in [0.5, 0.6) is 34.6 Å². The summed E-state index contributed by atoms with van der Waals surface area (Å²) in [7, 11) is -1.28. The Balaban J connectivity index is 1.02. The maximum atomic E-state index is 15.4. The fourth-order valence-corrected chi connectivity index (χ4v) is 13.8. The normalized spacial score (nSPS) is 17.8. The third-order valence-corrected chi connectivity index (χ3v) is 28.1. The molecule has 0 spiro atoms. The van der Waals surface area contributed by atoms with Gasteiger partial charge in [0.2, 0.25) is 13.5 Å². The van der Waals surface area contributed by atoms with Gasteiger partial charge in [-0.05, 0) is 102 Å². The van der Waals surface area contributed by atoms with Gasteiger partial charge >= 0.3 is 12.2 Å². The molecule has 4 atom stereocenters. The van der Waals surface area contributed by atoms with Crippen LogP contribution < -0.4 is 38.2 Å². The molecule has 0 saturated heterocycles. The summed E-state index contributed by atoms with van der Waals surface area (Å²) in [6, 6.07) is 15.5. The average molecular weight is 1610 g/mol. The minimum Gasteiger partial charge on any atom is -0.497 e. The number of methoxy groups -OCH3 is 3. The molecule has 4 amide bonds. The lowest BCUT2D eigenvalue weighted by Crippen LogP contribution is -2.58. The summed E-state index contributed by atoms with van der Waals surface area (Å²) in [5.41, 5.74) is 3.33. The lowest BCUT2D eigenvalue weighted by molar-refractivity contribution is -0.0407. The first-order valence-electron chi connectivity index (χ1n) is 34.0. The Morgan fingerprint density at radius 2 is 0.904 bits per heavy atom. The van der Waals surface area contributed by atoms with Crippen molar-refractivity contribution in [3.8, 4) is 34.6 Å². The molecular formula is C71H95Cl6N5O20Si2. The van der Waals surface area contributed by atoms with Crippen molar-refractivity contribution in [3.05, 3.63) is 102 Å². The van der Waals surface area contributed by atoms with E-state index < -0.39 is 91.0 Å². The van der Waals surface area contributed by atoms with Gasteiger partial charge in [0.1, 0.15) is 25.8 Å². The van der Waals surface area contributed by atoms with E-state index in [-0.39, 0.29) is 89.8 Å². The zero-order chi connectivity index (χ0) is 76.0. The third kappa shape index (κ3) is 22.1. The fraction of sp³-hybridized carbons (Fsp3) is 0.563. The number of pyridine rings is 1. The number of aliphatic hydroxyl groups is 1. The third-order valence-electron chi connectivity index (χ3n) is 18.5. The largest absolute Gasteiger partial charge is 0.497 e. The number of hydrogen-bond acceptors (Lipinski definition) is 21. The topological polar surface area (TPSA) is 253 Å². The van der Waals surface area contributed by atoms with Gasteiger partial charge in [0.25, 0.3) is 11.8 Å². The van der Waals surface area contributed by atoms with Gasteiger partial charge in [0, 0.05) is 56.2 Å². The van der Waals surface area contributed by atoms with E-state index >= 15 is 14.4 Å². The van der Waals surface area contributed by atoms with Crippen molar-refractivity contribution in [2.75, 3.05) is 130 Å². The SMILES string of the molecule is COc1ccc(C2=CN3C(=O)c4cc(OC)c(OCCCOc5cc6c(cc5OC)C(=O)N5C=C(c7ccc(OCCCOCCOCCOCCOCCOCO)nc7)CC5C(O[Si](C)(C)C(C)(C)C)N6C(=O)OCC(Cl)(Cl)Cl)cc4N(C(=O)OCC(Cl)(Cl)Cl)C(O[Si](C)(C)C(C)(C)C)C3C2)cc1. The van der Waals surface area contributed by atoms with Crippen molar-refractivity contribution >= 4 is 133 Å². The molecule has 1 N–H and O–H groups in total. The number of aromatic nitrogens is 1. The van der Waals surface area contributed by atoms with Crippen LogP contribution >= 0.6 is 69.6 Å². The number of nitrogens with zero attached hydrogens (tertiary/aromatic N) is 5. The number of alkyl halides is 6. The first-order chi connectivity index (χ1) is 49.1. The lowest BCUT2D eigenvalue weighted by atomic mass is 10.0. The van der Waals surface area contributed by atoms with Gasteiger partial charge in [-0.25, -0.2) is 24.4 Å². The Morgan fingerprint density at radius 3 is 1.29 bits per heavy atom. The van der Waals surface area contributed by atoms with Gasteiger partial charge < -0.3 is 85.3 Å². The summed E-state index contributed by atoms with van der Waals surface area (Å²) >= 11 is 37.3. The van der Waals surface area contributed by atoms with Crippen LogP contribution in [-0.4, -0.2) is 213 Å². The second kappa shape index (κ2) is 37.0. The van der Waals surface area contributed by atoms with Crippen molar-refractivity contribution in [2.24, 2.45) is 0 Å². The zero-order valence-corrected chi connectivity index (χ0v) is 67.5. The number of hydrogen-bond donors (Lipinski definition) is 1. The van der Waals surface area contributed by atoms with Crippen LogP contribution in [0.4, 0.5) is 21.0 Å². The van der Waals surface area contributed by atoms with Gasteiger partial charge in [-0.15, -0.1) is 0 Å². The molecule has 4 aliphatic rings. The molecule has 4 aromatic rings. The molecule has 25 nitrogen and oxygen atoms in total. The second-order valence-electron chi connectivity index (χ2n) is 27.8. The number of carbonyl (C=O) groups is 4. The molecule has 33 heteroatoms. The van der Waals surface area contributed by atoms with Crippen LogP contribution in [0.1, 0.15) is 99.1 Å². The van der Waals surface area contributed by atoms with Gasteiger partial charge in [-0.2, -0.15) is 0 Å². The summed E-state index contributed by atoms with van der Waals surface area (Å²) < 4.78 is 85.2. The Bertz CT molecular complexity index is 3630. The Kier molecular flexibility index (Phi) is 29.9. The highest BCUT2D eigenvalue weighted by atomic mass is 35.6. The van der Waals surface area contributed by atoms with E-state index in [0.29, 0.717) is 89.7 Å². The average Bonchev–Trinajstić information content (AvgIpc) is 1.59. The minimum absolute atomic E-state index is 0.0248. The van der Waals surface area contributed by atoms with E-state index in [9.17, 15) is 4.79 Å². The molecule has 0 fully saturated rings. The smallest absolute Gasteiger partial charge is 0.416 e. The highest BCUT2D eigenvalue weighted by Gasteiger charge is 2.54. The molecule has 0 radical (unpaired) electrons. The minimum atomic E-state index is -2.88. The monoisotopic (exact) mass is 1600 g/mol. The number of benzene rings is 3. The molecule has 0 aliphatic carbocycles. The van der Waals surface area contributed by atoms with Crippen LogP contribution in [-0.2, 0) is 42.0 Å². The molecule has 1 aromatic heterocycles. The van der Waals surface area contributed by atoms with Crippen LogP contribution in [0, 0.1) is 0 Å². The number of ether oxygens (including phenoxy) is 13. The van der Waals surface area contributed by atoms with Crippen LogP contribution in [0.3, 0.4) is 0 Å². The maximum Gasteiger partial charge on any atom is 0.416 e. The molecule has 3 aromatic carbocycles. The molecule has 4 aliphatic heterocycles. The van der Waals surface area contributed by atoms with Gasteiger partial charge in [-0.1, -0.05) is 123 Å². The van der Waals surface area contributed by atoms with Gasteiger partial charge in [0.15, 0.2) is 52.1 Å². The first-order valence-corrected chi connectivity index (χ1v) is 42.1. The number of fused-ring (bicyclic) bond motifs is 4. The molecule has 0 bridgehead atoms. The van der Waals surface area contributed by atoms with Crippen molar-refractivity contribution in [3.63, 3.8) is 0 Å². The van der Waals surface area contributed by atoms with E-state index in [1.807, 2.05) is 56.5 Å². The zero-order valence-electron chi connectivity index (χ0n) is 61.0. The Labute approximate surface area is 640 Å². The summed E-state index contributed by atoms with van der Waals surface area (Å²) in [6.45, 7) is 22.8.